The van der Waals surface area contributed by atoms with Crippen molar-refractivity contribution in [2.75, 3.05) is 18.6 Å². The molecule has 0 saturated carbocycles. The molecule has 0 radical (unpaired) electrons. The molecule has 1 aromatic heterocycles. The number of amides is 2. The Morgan fingerprint density at radius 3 is 2.52 bits per heavy atom. The van der Waals surface area contributed by atoms with Crippen LogP contribution in [0.3, 0.4) is 0 Å². The van der Waals surface area contributed by atoms with E-state index in [2.05, 4.69) is 10.3 Å². The van der Waals surface area contributed by atoms with Gasteiger partial charge >= 0.3 is 0 Å². The number of para-hydroxylation sites is 1. The fraction of sp³-hybridized carbons (Fsp3) is 0.250. The number of hydrogen-bond donors (Lipinski definition) is 0. The largest absolute Gasteiger partial charge is 0.361 e. The zero-order chi connectivity index (χ0) is 21.6. The summed E-state index contributed by atoms with van der Waals surface area (Å²) in [4.78, 5) is 26.7. The van der Waals surface area contributed by atoms with Gasteiger partial charge in [0.2, 0.25) is 5.91 Å². The fourth-order valence-electron chi connectivity index (χ4n) is 3.47. The minimum Gasteiger partial charge on any atom is -0.361 e. The van der Waals surface area contributed by atoms with Gasteiger partial charge in [-0.2, -0.15) is 5.10 Å². The van der Waals surface area contributed by atoms with E-state index >= 15 is 0 Å². The molecule has 2 aromatic carbocycles. The van der Waals surface area contributed by atoms with Crippen LogP contribution in [0.5, 0.6) is 0 Å². The molecule has 0 spiro atoms. The molecular weight excluding hydrogens is 392 g/mol. The third-order valence-electron chi connectivity index (χ3n) is 5.17. The Labute approximate surface area is 180 Å². The van der Waals surface area contributed by atoms with Crippen LogP contribution in [0.4, 0.5) is 5.69 Å². The number of carbonyl (C=O) groups is 2. The standard InChI is InChI=1S/C24H24N4O3/c1-27(16-8-13-20-17-22(26-31-20)18-9-4-2-5-10-18)24(30)21-14-15-23(29)28(25-21)19-11-6-3-7-12-19/h2-7,9-12,17H,8,13-16H2,1H3. The number of nitrogens with zero attached hydrogens (tertiary/aromatic N) is 4. The molecule has 0 aliphatic carbocycles. The van der Waals surface area contributed by atoms with Crippen LogP contribution in [0, 0.1) is 0 Å². The number of aryl methyl sites for hydroxylation is 1. The van der Waals surface area contributed by atoms with Crippen molar-refractivity contribution >= 4 is 23.2 Å². The van der Waals surface area contributed by atoms with Gasteiger partial charge in [-0.1, -0.05) is 53.7 Å². The predicted molar refractivity (Wildman–Crippen MR) is 118 cm³/mol. The minimum absolute atomic E-state index is 0.107. The van der Waals surface area contributed by atoms with Gasteiger partial charge in [0.05, 0.1) is 5.69 Å². The van der Waals surface area contributed by atoms with Gasteiger partial charge in [-0.15, -0.1) is 0 Å². The van der Waals surface area contributed by atoms with Crippen molar-refractivity contribution in [2.45, 2.75) is 25.7 Å². The zero-order valence-corrected chi connectivity index (χ0v) is 17.4. The highest BCUT2D eigenvalue weighted by atomic mass is 16.5. The summed E-state index contributed by atoms with van der Waals surface area (Å²) in [6.07, 6.45) is 2.04. The summed E-state index contributed by atoms with van der Waals surface area (Å²) >= 11 is 0. The maximum atomic E-state index is 12.8. The molecule has 0 fully saturated rings. The van der Waals surface area contributed by atoms with Crippen LogP contribution in [0.2, 0.25) is 0 Å². The molecule has 4 rings (SSSR count). The summed E-state index contributed by atoms with van der Waals surface area (Å²) in [5.41, 5.74) is 2.89. The van der Waals surface area contributed by atoms with Crippen LogP contribution in [0.15, 0.2) is 76.4 Å². The Morgan fingerprint density at radius 1 is 1.06 bits per heavy atom. The molecule has 2 amide bonds. The molecule has 1 aliphatic rings. The van der Waals surface area contributed by atoms with Crippen LogP contribution in [-0.4, -0.2) is 41.2 Å². The first-order chi connectivity index (χ1) is 15.1. The summed E-state index contributed by atoms with van der Waals surface area (Å²) in [5, 5.41) is 9.79. The molecular formula is C24H24N4O3. The maximum absolute atomic E-state index is 12.8. The number of carbonyl (C=O) groups excluding carboxylic acids is 2. The molecule has 158 valence electrons. The lowest BCUT2D eigenvalue weighted by Gasteiger charge is -2.25. The topological polar surface area (TPSA) is 79.0 Å². The van der Waals surface area contributed by atoms with E-state index in [9.17, 15) is 9.59 Å². The lowest BCUT2D eigenvalue weighted by atomic mass is 10.1. The normalized spacial score (nSPS) is 13.8. The van der Waals surface area contributed by atoms with Crippen molar-refractivity contribution in [1.82, 2.24) is 10.1 Å². The summed E-state index contributed by atoms with van der Waals surface area (Å²) in [5.74, 6) is 0.525. The van der Waals surface area contributed by atoms with Gasteiger partial charge < -0.3 is 9.42 Å². The second kappa shape index (κ2) is 9.38. The zero-order valence-electron chi connectivity index (χ0n) is 17.4. The highest BCUT2D eigenvalue weighted by Crippen LogP contribution is 2.21. The van der Waals surface area contributed by atoms with Crippen molar-refractivity contribution in [1.29, 1.82) is 0 Å². The Bertz CT molecular complexity index is 1080. The second-order valence-electron chi connectivity index (χ2n) is 7.46. The third-order valence-corrected chi connectivity index (χ3v) is 5.17. The number of anilines is 1. The van der Waals surface area contributed by atoms with Gasteiger partial charge in [-0.05, 0) is 18.6 Å². The first-order valence-electron chi connectivity index (χ1n) is 10.3. The average molecular weight is 416 g/mol. The molecule has 3 aromatic rings. The van der Waals surface area contributed by atoms with Gasteiger partial charge in [-0.25, -0.2) is 5.01 Å². The van der Waals surface area contributed by atoms with Gasteiger partial charge in [0.25, 0.3) is 5.91 Å². The highest BCUT2D eigenvalue weighted by Gasteiger charge is 2.27. The quantitative estimate of drug-likeness (QED) is 0.585. The Balaban J connectivity index is 1.33. The van der Waals surface area contributed by atoms with Crippen LogP contribution < -0.4 is 5.01 Å². The van der Waals surface area contributed by atoms with Crippen LogP contribution in [0.1, 0.15) is 25.0 Å². The van der Waals surface area contributed by atoms with Crippen molar-refractivity contribution < 1.29 is 14.1 Å². The van der Waals surface area contributed by atoms with Crippen LogP contribution in [0.25, 0.3) is 11.3 Å². The maximum Gasteiger partial charge on any atom is 0.269 e. The number of hydrazone groups is 1. The third kappa shape index (κ3) is 4.88. The van der Waals surface area contributed by atoms with E-state index in [0.717, 1.165) is 23.4 Å². The number of aromatic nitrogens is 1. The average Bonchev–Trinajstić information content (AvgIpc) is 3.29. The highest BCUT2D eigenvalue weighted by molar-refractivity contribution is 6.40. The predicted octanol–water partition coefficient (Wildman–Crippen LogP) is 3.92. The SMILES string of the molecule is CN(CCCc1cc(-c2ccccc2)no1)C(=O)C1=NN(c2ccccc2)C(=O)CC1. The lowest BCUT2D eigenvalue weighted by molar-refractivity contribution is -0.123. The molecule has 0 N–H and O–H groups in total. The molecule has 0 bridgehead atoms. The summed E-state index contributed by atoms with van der Waals surface area (Å²) in [7, 11) is 1.75. The summed E-state index contributed by atoms with van der Waals surface area (Å²) < 4.78 is 5.43. The molecule has 2 heterocycles. The van der Waals surface area contributed by atoms with E-state index in [1.807, 2.05) is 54.6 Å². The molecule has 7 heteroatoms. The second-order valence-corrected chi connectivity index (χ2v) is 7.46. The van der Waals surface area contributed by atoms with E-state index < -0.39 is 0 Å². The van der Waals surface area contributed by atoms with Crippen molar-refractivity contribution in [2.24, 2.45) is 5.10 Å². The number of rotatable bonds is 7. The Kier molecular flexibility index (Phi) is 6.21. The van der Waals surface area contributed by atoms with Crippen molar-refractivity contribution in [3.63, 3.8) is 0 Å². The summed E-state index contributed by atoms with van der Waals surface area (Å²) in [6.45, 7) is 0.554. The number of hydrogen-bond acceptors (Lipinski definition) is 5. The molecule has 1 aliphatic heterocycles. The summed E-state index contributed by atoms with van der Waals surface area (Å²) in [6, 6.07) is 21.0. The minimum atomic E-state index is -0.157. The van der Waals surface area contributed by atoms with Gasteiger partial charge in [0.15, 0.2) is 0 Å². The van der Waals surface area contributed by atoms with E-state index in [1.165, 1.54) is 5.01 Å². The van der Waals surface area contributed by atoms with Gasteiger partial charge in [0, 0.05) is 44.5 Å². The van der Waals surface area contributed by atoms with Crippen molar-refractivity contribution in [3.05, 3.63) is 72.5 Å². The molecule has 31 heavy (non-hydrogen) atoms. The van der Waals surface area contributed by atoms with E-state index in [0.29, 0.717) is 30.8 Å². The number of benzene rings is 2. The molecule has 0 saturated heterocycles. The van der Waals surface area contributed by atoms with Crippen molar-refractivity contribution in [3.8, 4) is 11.3 Å². The fourth-order valence-corrected chi connectivity index (χ4v) is 3.47. The van der Waals surface area contributed by atoms with Gasteiger partial charge in [0.1, 0.15) is 17.2 Å². The first kappa shape index (κ1) is 20.5. The molecule has 7 nitrogen and oxygen atoms in total. The van der Waals surface area contributed by atoms with Gasteiger partial charge in [-0.3, -0.25) is 9.59 Å². The Morgan fingerprint density at radius 2 is 1.77 bits per heavy atom. The van der Waals surface area contributed by atoms with E-state index in [4.69, 9.17) is 4.52 Å². The van der Waals surface area contributed by atoms with E-state index in [1.54, 1.807) is 24.1 Å². The molecule has 0 unspecified atom stereocenters. The monoisotopic (exact) mass is 416 g/mol. The lowest BCUT2D eigenvalue weighted by Crippen LogP contribution is -2.40. The van der Waals surface area contributed by atoms with Crippen LogP contribution in [-0.2, 0) is 16.0 Å². The van der Waals surface area contributed by atoms with E-state index in [-0.39, 0.29) is 18.2 Å². The Hall–Kier alpha value is -3.74. The van der Waals surface area contributed by atoms with Crippen LogP contribution >= 0.6 is 0 Å². The smallest absolute Gasteiger partial charge is 0.269 e. The first-order valence-corrected chi connectivity index (χ1v) is 10.3. The molecule has 0 atom stereocenters.